The van der Waals surface area contributed by atoms with Crippen LogP contribution in [-0.4, -0.2) is 36.2 Å². The van der Waals surface area contributed by atoms with E-state index in [-0.39, 0.29) is 19.0 Å². The monoisotopic (exact) mass is 331 g/mol. The third-order valence-electron chi connectivity index (χ3n) is 3.81. The zero-order valence-electron chi connectivity index (χ0n) is 14.0. The van der Waals surface area contributed by atoms with Crippen LogP contribution >= 0.6 is 0 Å². The fourth-order valence-corrected chi connectivity index (χ4v) is 2.56. The molecule has 1 atom stereocenters. The summed E-state index contributed by atoms with van der Waals surface area (Å²) in [6, 6.07) is 2.73. The number of carbonyl (C=O) groups excluding carboxylic acids is 1. The molecule has 0 radical (unpaired) electrons. The van der Waals surface area contributed by atoms with E-state index in [1.807, 2.05) is 26.0 Å². The van der Waals surface area contributed by atoms with E-state index in [2.05, 4.69) is 11.9 Å². The van der Waals surface area contributed by atoms with Crippen molar-refractivity contribution in [2.24, 2.45) is 0 Å². The molecular formula is C18H21NO5. The molecule has 0 saturated heterocycles. The quantitative estimate of drug-likeness (QED) is 0.601. The van der Waals surface area contributed by atoms with E-state index in [0.29, 0.717) is 11.1 Å². The highest BCUT2D eigenvalue weighted by Gasteiger charge is 2.25. The number of aryl methyl sites for hydroxylation is 3. The zero-order chi connectivity index (χ0) is 17.9. The number of furan rings is 1. The number of benzene rings is 1. The number of carboxylic acid groups (broad SMARTS) is 1. The van der Waals surface area contributed by atoms with Gasteiger partial charge >= 0.3 is 5.97 Å². The number of fused-ring (bicyclic) bond motifs is 1. The van der Waals surface area contributed by atoms with Crippen LogP contribution in [0, 0.1) is 20.8 Å². The van der Waals surface area contributed by atoms with Gasteiger partial charge in [0.1, 0.15) is 5.58 Å². The number of ether oxygens (including phenoxy) is 1. The number of carbonyl (C=O) groups is 2. The lowest BCUT2D eigenvalue weighted by Gasteiger charge is -2.13. The molecule has 0 spiro atoms. The summed E-state index contributed by atoms with van der Waals surface area (Å²) in [6.07, 6.45) is 1.51. The lowest BCUT2D eigenvalue weighted by molar-refractivity contribution is -0.140. The van der Waals surface area contributed by atoms with Gasteiger partial charge in [0, 0.05) is 10.9 Å². The van der Waals surface area contributed by atoms with Crippen molar-refractivity contribution in [1.29, 1.82) is 0 Å². The minimum absolute atomic E-state index is 0.123. The number of nitrogens with one attached hydrogen (secondary N) is 1. The molecule has 0 saturated carbocycles. The van der Waals surface area contributed by atoms with Crippen molar-refractivity contribution < 1.29 is 23.8 Å². The fourth-order valence-electron chi connectivity index (χ4n) is 2.56. The summed E-state index contributed by atoms with van der Waals surface area (Å²) >= 11 is 0. The van der Waals surface area contributed by atoms with Gasteiger partial charge in [-0.3, -0.25) is 4.79 Å². The predicted molar refractivity (Wildman–Crippen MR) is 90.3 cm³/mol. The first-order valence-electron chi connectivity index (χ1n) is 7.58. The third kappa shape index (κ3) is 3.49. The molecule has 6 nitrogen and oxygen atoms in total. The van der Waals surface area contributed by atoms with E-state index in [1.165, 1.54) is 6.08 Å². The Morgan fingerprint density at radius 3 is 2.58 bits per heavy atom. The molecule has 1 aromatic heterocycles. The molecule has 2 N–H and O–H groups in total. The molecule has 6 heteroatoms. The Labute approximate surface area is 140 Å². The smallest absolute Gasteiger partial charge is 0.328 e. The number of hydrogen-bond acceptors (Lipinski definition) is 4. The molecule has 1 aromatic carbocycles. The van der Waals surface area contributed by atoms with Gasteiger partial charge in [-0.15, -0.1) is 6.58 Å². The summed E-state index contributed by atoms with van der Waals surface area (Å²) in [6.45, 7) is 9.18. The van der Waals surface area contributed by atoms with Crippen LogP contribution in [0.5, 0.6) is 0 Å². The van der Waals surface area contributed by atoms with Crippen molar-refractivity contribution in [2.75, 3.05) is 13.2 Å². The molecule has 24 heavy (non-hydrogen) atoms. The Hall–Kier alpha value is -2.60. The summed E-state index contributed by atoms with van der Waals surface area (Å²) in [7, 11) is 0. The largest absolute Gasteiger partial charge is 0.480 e. The van der Waals surface area contributed by atoms with Crippen molar-refractivity contribution in [2.45, 2.75) is 26.8 Å². The molecule has 1 heterocycles. The van der Waals surface area contributed by atoms with Crippen LogP contribution in [0.4, 0.5) is 0 Å². The van der Waals surface area contributed by atoms with Gasteiger partial charge in [-0.1, -0.05) is 18.2 Å². The molecule has 1 unspecified atom stereocenters. The van der Waals surface area contributed by atoms with E-state index in [9.17, 15) is 14.7 Å². The second-order valence-corrected chi connectivity index (χ2v) is 5.65. The molecule has 128 valence electrons. The maximum Gasteiger partial charge on any atom is 0.328 e. The van der Waals surface area contributed by atoms with Gasteiger partial charge in [0.05, 0.1) is 13.2 Å². The van der Waals surface area contributed by atoms with Crippen molar-refractivity contribution in [3.05, 3.63) is 47.2 Å². The topological polar surface area (TPSA) is 88.8 Å². The van der Waals surface area contributed by atoms with Crippen LogP contribution in [0.2, 0.25) is 0 Å². The normalized spacial score (nSPS) is 12.1. The van der Waals surface area contributed by atoms with Crippen LogP contribution in [0.3, 0.4) is 0 Å². The predicted octanol–water partition coefficient (Wildman–Crippen LogP) is 2.74. The Balaban J connectivity index is 2.29. The van der Waals surface area contributed by atoms with Crippen LogP contribution in [0.1, 0.15) is 27.2 Å². The first kappa shape index (κ1) is 17.7. The number of hydrogen-bond donors (Lipinski definition) is 2. The SMILES string of the molecule is C=CCOCC(NC(=O)c1oc2c(C)ccc(C)c2c1C)C(=O)O. The first-order valence-corrected chi connectivity index (χ1v) is 7.58. The molecule has 0 aliphatic heterocycles. The van der Waals surface area contributed by atoms with Gasteiger partial charge in [0.2, 0.25) is 0 Å². The number of carboxylic acids is 1. The maximum absolute atomic E-state index is 12.5. The molecule has 0 fully saturated rings. The van der Waals surface area contributed by atoms with Crippen molar-refractivity contribution in [1.82, 2.24) is 5.32 Å². The van der Waals surface area contributed by atoms with Gasteiger partial charge < -0.3 is 19.6 Å². The first-order chi connectivity index (χ1) is 11.4. The molecule has 1 amide bonds. The standard InChI is InChI=1S/C18H21NO5/c1-5-8-23-9-13(18(21)22)19-17(20)16-12(4)14-10(2)6-7-11(3)15(14)24-16/h5-7,13H,1,8-9H2,2-4H3,(H,19,20)(H,21,22). The molecule has 2 rings (SSSR count). The molecule has 2 aromatic rings. The zero-order valence-corrected chi connectivity index (χ0v) is 14.0. The van der Waals surface area contributed by atoms with Crippen molar-refractivity contribution in [3.63, 3.8) is 0 Å². The molecule has 0 aliphatic carbocycles. The number of aliphatic carboxylic acids is 1. The third-order valence-corrected chi connectivity index (χ3v) is 3.81. The Morgan fingerprint density at radius 1 is 1.33 bits per heavy atom. The Bertz CT molecular complexity index is 790. The lowest BCUT2D eigenvalue weighted by atomic mass is 10.0. The highest BCUT2D eigenvalue weighted by atomic mass is 16.5. The molecule has 0 aliphatic rings. The minimum atomic E-state index is -1.17. The second kappa shape index (κ2) is 7.31. The highest BCUT2D eigenvalue weighted by molar-refractivity contribution is 6.01. The van der Waals surface area contributed by atoms with E-state index >= 15 is 0 Å². The molecule has 0 bridgehead atoms. The number of rotatable bonds is 7. The van der Waals surface area contributed by atoms with E-state index in [0.717, 1.165) is 16.5 Å². The summed E-state index contributed by atoms with van der Waals surface area (Å²) in [4.78, 5) is 23.7. The highest BCUT2D eigenvalue weighted by Crippen LogP contribution is 2.30. The van der Waals surface area contributed by atoms with Gasteiger partial charge in [-0.05, 0) is 31.9 Å². The van der Waals surface area contributed by atoms with Crippen LogP contribution in [-0.2, 0) is 9.53 Å². The van der Waals surface area contributed by atoms with Crippen LogP contribution in [0.25, 0.3) is 11.0 Å². The van der Waals surface area contributed by atoms with Gasteiger partial charge in [-0.25, -0.2) is 4.79 Å². The number of amides is 1. The van der Waals surface area contributed by atoms with Crippen molar-refractivity contribution >= 4 is 22.8 Å². The van der Waals surface area contributed by atoms with Gasteiger partial charge in [0.15, 0.2) is 11.8 Å². The van der Waals surface area contributed by atoms with Crippen molar-refractivity contribution in [3.8, 4) is 0 Å². The fraction of sp³-hybridized carbons (Fsp3) is 0.333. The Morgan fingerprint density at radius 2 is 2.00 bits per heavy atom. The average molecular weight is 331 g/mol. The summed E-state index contributed by atoms with van der Waals surface area (Å²) < 4.78 is 10.8. The Kier molecular flexibility index (Phi) is 5.41. The van der Waals surface area contributed by atoms with E-state index in [4.69, 9.17) is 9.15 Å². The minimum Gasteiger partial charge on any atom is -0.480 e. The second-order valence-electron chi connectivity index (χ2n) is 5.65. The summed E-state index contributed by atoms with van der Waals surface area (Å²) in [5.41, 5.74) is 3.26. The summed E-state index contributed by atoms with van der Waals surface area (Å²) in [5, 5.41) is 12.5. The van der Waals surface area contributed by atoms with Gasteiger partial charge in [-0.2, -0.15) is 0 Å². The maximum atomic E-state index is 12.5. The van der Waals surface area contributed by atoms with Crippen LogP contribution < -0.4 is 5.32 Å². The van der Waals surface area contributed by atoms with Crippen LogP contribution in [0.15, 0.2) is 29.2 Å². The van der Waals surface area contributed by atoms with E-state index in [1.54, 1.807) is 6.92 Å². The average Bonchev–Trinajstić information content (AvgIpc) is 2.89. The summed E-state index contributed by atoms with van der Waals surface area (Å²) in [5.74, 6) is -1.62. The lowest BCUT2D eigenvalue weighted by Crippen LogP contribution is -2.44. The van der Waals surface area contributed by atoms with Gasteiger partial charge in [0.25, 0.3) is 5.91 Å². The molecular weight excluding hydrogens is 310 g/mol. The van der Waals surface area contributed by atoms with E-state index < -0.39 is 17.9 Å².